The molecule has 0 aliphatic carbocycles. The summed E-state index contributed by atoms with van der Waals surface area (Å²) in [4.78, 5) is 17.1. The maximum absolute atomic E-state index is 12.6. The van der Waals surface area contributed by atoms with E-state index in [0.29, 0.717) is 6.42 Å². The van der Waals surface area contributed by atoms with Gasteiger partial charge in [-0.25, -0.2) is 0 Å². The van der Waals surface area contributed by atoms with Crippen molar-refractivity contribution < 1.29 is 9.53 Å². The SMILES string of the molecule is COCCN1CCCC[C@]12CC(=O)N(c1ccc(C)cc1)C2. The van der Waals surface area contributed by atoms with Gasteiger partial charge in [-0.2, -0.15) is 0 Å². The lowest BCUT2D eigenvalue weighted by Crippen LogP contribution is -2.54. The predicted octanol–water partition coefficient (Wildman–Crippen LogP) is 2.60. The maximum atomic E-state index is 12.6. The van der Waals surface area contributed by atoms with Crippen molar-refractivity contribution in [2.24, 2.45) is 0 Å². The molecule has 0 N–H and O–H groups in total. The van der Waals surface area contributed by atoms with Crippen molar-refractivity contribution >= 4 is 11.6 Å². The second kappa shape index (κ2) is 6.39. The predicted molar refractivity (Wildman–Crippen MR) is 88.2 cm³/mol. The molecule has 22 heavy (non-hydrogen) atoms. The molecule has 2 aliphatic heterocycles. The minimum Gasteiger partial charge on any atom is -0.383 e. The number of carbonyl (C=O) groups is 1. The van der Waals surface area contributed by atoms with Gasteiger partial charge in [-0.3, -0.25) is 9.69 Å². The normalized spacial score (nSPS) is 26.1. The Balaban J connectivity index is 1.80. The minimum absolute atomic E-state index is 0.0126. The first-order valence-corrected chi connectivity index (χ1v) is 8.26. The topological polar surface area (TPSA) is 32.8 Å². The Labute approximate surface area is 133 Å². The Bertz CT molecular complexity index is 528. The van der Waals surface area contributed by atoms with Crippen LogP contribution in [0.25, 0.3) is 0 Å². The molecule has 3 rings (SSSR count). The van der Waals surface area contributed by atoms with E-state index in [9.17, 15) is 4.79 Å². The van der Waals surface area contributed by atoms with Crippen molar-refractivity contribution in [3.63, 3.8) is 0 Å². The molecule has 4 heteroatoms. The van der Waals surface area contributed by atoms with Crippen LogP contribution in [-0.4, -0.2) is 49.7 Å². The molecular weight excluding hydrogens is 276 g/mol. The highest BCUT2D eigenvalue weighted by Crippen LogP contribution is 2.38. The Morgan fingerprint density at radius 2 is 2.00 bits per heavy atom. The van der Waals surface area contributed by atoms with Crippen molar-refractivity contribution in [2.45, 2.75) is 38.1 Å². The average molecular weight is 302 g/mol. The van der Waals surface area contributed by atoms with Gasteiger partial charge >= 0.3 is 0 Å². The fourth-order valence-electron chi connectivity index (χ4n) is 3.86. The fraction of sp³-hybridized carbons (Fsp3) is 0.611. The third-order valence-corrected chi connectivity index (χ3v) is 5.14. The van der Waals surface area contributed by atoms with E-state index in [1.54, 1.807) is 7.11 Å². The van der Waals surface area contributed by atoms with Gasteiger partial charge in [0, 0.05) is 37.8 Å². The van der Waals surface area contributed by atoms with E-state index in [2.05, 4.69) is 36.1 Å². The molecule has 1 aromatic carbocycles. The Morgan fingerprint density at radius 3 is 2.73 bits per heavy atom. The van der Waals surface area contributed by atoms with Crippen LogP contribution in [0.5, 0.6) is 0 Å². The van der Waals surface area contributed by atoms with Gasteiger partial charge in [-0.1, -0.05) is 24.1 Å². The van der Waals surface area contributed by atoms with E-state index < -0.39 is 0 Å². The summed E-state index contributed by atoms with van der Waals surface area (Å²) < 4.78 is 5.26. The fourth-order valence-corrected chi connectivity index (χ4v) is 3.86. The lowest BCUT2D eigenvalue weighted by atomic mass is 9.85. The van der Waals surface area contributed by atoms with E-state index in [0.717, 1.165) is 38.3 Å². The van der Waals surface area contributed by atoms with Crippen molar-refractivity contribution in [1.29, 1.82) is 0 Å². The van der Waals surface area contributed by atoms with Gasteiger partial charge < -0.3 is 9.64 Å². The van der Waals surface area contributed by atoms with Crippen molar-refractivity contribution in [1.82, 2.24) is 4.90 Å². The van der Waals surface area contributed by atoms with Crippen LogP contribution in [0.15, 0.2) is 24.3 Å². The number of anilines is 1. The smallest absolute Gasteiger partial charge is 0.228 e. The number of likely N-dealkylation sites (tertiary alicyclic amines) is 1. The van der Waals surface area contributed by atoms with E-state index >= 15 is 0 Å². The quantitative estimate of drug-likeness (QED) is 0.857. The van der Waals surface area contributed by atoms with Crippen LogP contribution in [0, 0.1) is 6.92 Å². The van der Waals surface area contributed by atoms with Gasteiger partial charge in [-0.05, 0) is 38.4 Å². The number of ether oxygens (including phenoxy) is 1. The summed E-state index contributed by atoms with van der Waals surface area (Å²) in [7, 11) is 1.75. The number of benzene rings is 1. The number of amides is 1. The molecule has 1 amide bonds. The van der Waals surface area contributed by atoms with Gasteiger partial charge in [0.15, 0.2) is 0 Å². The summed E-state index contributed by atoms with van der Waals surface area (Å²) in [5, 5.41) is 0. The maximum Gasteiger partial charge on any atom is 0.228 e. The zero-order valence-corrected chi connectivity index (χ0v) is 13.7. The molecule has 1 aromatic rings. The monoisotopic (exact) mass is 302 g/mol. The highest BCUT2D eigenvalue weighted by atomic mass is 16.5. The molecule has 2 saturated heterocycles. The summed E-state index contributed by atoms with van der Waals surface area (Å²) in [5.74, 6) is 0.258. The van der Waals surface area contributed by atoms with Crippen molar-refractivity contribution in [2.75, 3.05) is 38.3 Å². The van der Waals surface area contributed by atoms with Crippen LogP contribution in [0.1, 0.15) is 31.2 Å². The van der Waals surface area contributed by atoms with Gasteiger partial charge in [0.25, 0.3) is 0 Å². The lowest BCUT2D eigenvalue weighted by Gasteiger charge is -2.44. The average Bonchev–Trinajstić information content (AvgIpc) is 2.84. The molecule has 2 aliphatic rings. The third-order valence-electron chi connectivity index (χ3n) is 5.14. The van der Waals surface area contributed by atoms with Crippen LogP contribution in [0.2, 0.25) is 0 Å². The van der Waals surface area contributed by atoms with Crippen LogP contribution >= 0.6 is 0 Å². The summed E-state index contributed by atoms with van der Waals surface area (Å²) in [6.45, 7) is 5.63. The number of carbonyl (C=O) groups excluding carboxylic acids is 1. The third kappa shape index (κ3) is 2.90. The number of aryl methyl sites for hydroxylation is 1. The molecule has 1 atom stereocenters. The van der Waals surface area contributed by atoms with Gasteiger partial charge in [-0.15, -0.1) is 0 Å². The zero-order chi connectivity index (χ0) is 15.6. The lowest BCUT2D eigenvalue weighted by molar-refractivity contribution is -0.118. The first kappa shape index (κ1) is 15.5. The first-order chi connectivity index (χ1) is 10.6. The standard InChI is InChI=1S/C18H26N2O2/c1-15-5-7-16(8-6-15)20-14-18(13-17(20)21)9-3-4-10-19(18)11-12-22-2/h5-8H,3-4,9-14H2,1-2H3/t18-/m1/s1. The number of nitrogens with zero attached hydrogens (tertiary/aromatic N) is 2. The molecule has 4 nitrogen and oxygen atoms in total. The number of hydrogen-bond donors (Lipinski definition) is 0. The molecule has 1 spiro atoms. The van der Waals surface area contributed by atoms with Crippen LogP contribution in [0.4, 0.5) is 5.69 Å². The molecule has 120 valence electrons. The van der Waals surface area contributed by atoms with Gasteiger partial charge in [0.1, 0.15) is 0 Å². The van der Waals surface area contributed by atoms with Crippen LogP contribution in [0.3, 0.4) is 0 Å². The molecule has 0 saturated carbocycles. The van der Waals surface area contributed by atoms with Crippen molar-refractivity contribution in [3.8, 4) is 0 Å². The molecule has 0 unspecified atom stereocenters. The molecule has 2 fully saturated rings. The molecule has 0 bridgehead atoms. The molecular formula is C18H26N2O2. The summed E-state index contributed by atoms with van der Waals surface area (Å²) >= 11 is 0. The van der Waals surface area contributed by atoms with Crippen molar-refractivity contribution in [3.05, 3.63) is 29.8 Å². The Hall–Kier alpha value is -1.39. The Morgan fingerprint density at radius 1 is 1.23 bits per heavy atom. The molecule has 0 aromatic heterocycles. The molecule has 2 heterocycles. The van der Waals surface area contributed by atoms with Crippen LogP contribution in [-0.2, 0) is 9.53 Å². The number of methoxy groups -OCH3 is 1. The van der Waals surface area contributed by atoms with Gasteiger partial charge in [0.05, 0.1) is 6.61 Å². The summed E-state index contributed by atoms with van der Waals surface area (Å²) in [6.07, 6.45) is 4.21. The number of piperidine rings is 1. The first-order valence-electron chi connectivity index (χ1n) is 8.26. The largest absolute Gasteiger partial charge is 0.383 e. The minimum atomic E-state index is 0.0126. The summed E-state index contributed by atoms with van der Waals surface area (Å²) in [5.41, 5.74) is 2.27. The second-order valence-corrected chi connectivity index (χ2v) is 6.65. The van der Waals surface area contributed by atoms with E-state index in [-0.39, 0.29) is 11.4 Å². The zero-order valence-electron chi connectivity index (χ0n) is 13.7. The van der Waals surface area contributed by atoms with E-state index in [1.165, 1.54) is 18.4 Å². The van der Waals surface area contributed by atoms with E-state index in [1.807, 2.05) is 4.90 Å². The highest BCUT2D eigenvalue weighted by Gasteiger charge is 2.48. The molecule has 0 radical (unpaired) electrons. The van der Waals surface area contributed by atoms with E-state index in [4.69, 9.17) is 4.74 Å². The highest BCUT2D eigenvalue weighted by molar-refractivity contribution is 5.97. The number of rotatable bonds is 4. The number of hydrogen-bond acceptors (Lipinski definition) is 3. The van der Waals surface area contributed by atoms with Crippen LogP contribution < -0.4 is 4.90 Å². The van der Waals surface area contributed by atoms with Gasteiger partial charge in [0.2, 0.25) is 5.91 Å². The second-order valence-electron chi connectivity index (χ2n) is 6.65. The Kier molecular flexibility index (Phi) is 4.50. The summed E-state index contributed by atoms with van der Waals surface area (Å²) in [6, 6.07) is 8.29.